The van der Waals surface area contributed by atoms with Gasteiger partial charge in [-0.05, 0) is 32.3 Å². The lowest BCUT2D eigenvalue weighted by Crippen LogP contribution is -2.30. The molecule has 0 aromatic heterocycles. The van der Waals surface area contributed by atoms with Crippen molar-refractivity contribution in [3.05, 3.63) is 22.8 Å². The van der Waals surface area contributed by atoms with Crippen molar-refractivity contribution in [1.29, 1.82) is 0 Å². The number of halogens is 1. The Morgan fingerprint density at radius 2 is 2.24 bits per heavy atom. The number of hydrogen-bond acceptors (Lipinski definition) is 2. The average molecular weight is 259 g/mol. The lowest BCUT2D eigenvalue weighted by atomic mass is 9.98. The summed E-state index contributed by atoms with van der Waals surface area (Å²) in [6.45, 7) is 4.87. The highest BCUT2D eigenvalue weighted by Gasteiger charge is 2.22. The van der Waals surface area contributed by atoms with Crippen LogP contribution < -0.4 is 0 Å². The molecule has 0 spiro atoms. The van der Waals surface area contributed by atoms with Crippen LogP contribution in [0.25, 0.3) is 0 Å². The molecule has 2 unspecified atom stereocenters. The van der Waals surface area contributed by atoms with E-state index in [-0.39, 0.29) is 0 Å². The third-order valence-corrected chi connectivity index (χ3v) is 3.27. The van der Waals surface area contributed by atoms with Crippen LogP contribution in [0, 0.1) is 0 Å². The van der Waals surface area contributed by atoms with E-state index in [0.29, 0.717) is 12.2 Å². The Balaban J connectivity index is 2.50. The summed E-state index contributed by atoms with van der Waals surface area (Å²) in [5.74, 6) is 0. The molecular weight excluding hydrogens is 236 g/mol. The summed E-state index contributed by atoms with van der Waals surface area (Å²) >= 11 is 5.83. The van der Waals surface area contributed by atoms with Crippen molar-refractivity contribution in [2.45, 2.75) is 51.7 Å². The van der Waals surface area contributed by atoms with Gasteiger partial charge in [0.15, 0.2) is 0 Å². The minimum absolute atomic E-state index is 0.295. The van der Waals surface area contributed by atoms with E-state index < -0.39 is 0 Å². The number of methoxy groups -OCH3 is 1. The van der Waals surface area contributed by atoms with Gasteiger partial charge in [0, 0.05) is 25.2 Å². The highest BCUT2D eigenvalue weighted by atomic mass is 35.5. The predicted octanol–water partition coefficient (Wildman–Crippen LogP) is 4.05. The topological polar surface area (TPSA) is 18.5 Å². The molecule has 1 fully saturated rings. The first-order chi connectivity index (χ1) is 8.15. The van der Waals surface area contributed by atoms with Crippen molar-refractivity contribution in [1.82, 2.24) is 0 Å². The summed E-state index contributed by atoms with van der Waals surface area (Å²) in [5, 5.41) is 0.815. The predicted molar refractivity (Wildman–Crippen MR) is 72.4 cm³/mol. The molecule has 0 aromatic rings. The first-order valence-electron chi connectivity index (χ1n) is 6.32. The van der Waals surface area contributed by atoms with Crippen LogP contribution in [-0.2, 0) is 9.47 Å². The highest BCUT2D eigenvalue weighted by Crippen LogP contribution is 2.23. The molecule has 17 heavy (non-hydrogen) atoms. The molecule has 0 N–H and O–H groups in total. The molecule has 0 aliphatic carbocycles. The maximum atomic E-state index is 5.83. The summed E-state index contributed by atoms with van der Waals surface area (Å²) in [6, 6.07) is 0. The van der Waals surface area contributed by atoms with Crippen molar-refractivity contribution < 1.29 is 9.47 Å². The van der Waals surface area contributed by atoms with E-state index in [2.05, 4.69) is 13.0 Å². The Bertz CT molecular complexity index is 280. The van der Waals surface area contributed by atoms with Gasteiger partial charge < -0.3 is 9.47 Å². The first-order valence-corrected chi connectivity index (χ1v) is 6.69. The van der Waals surface area contributed by atoms with Gasteiger partial charge in [-0.3, -0.25) is 0 Å². The first kappa shape index (κ1) is 14.7. The Morgan fingerprint density at radius 1 is 1.47 bits per heavy atom. The highest BCUT2D eigenvalue weighted by molar-refractivity contribution is 6.29. The van der Waals surface area contributed by atoms with Crippen LogP contribution >= 0.6 is 11.6 Å². The fourth-order valence-electron chi connectivity index (χ4n) is 2.06. The van der Waals surface area contributed by atoms with Crippen LogP contribution in [0.1, 0.15) is 39.5 Å². The third-order valence-electron chi connectivity index (χ3n) is 3.15. The summed E-state index contributed by atoms with van der Waals surface area (Å²) in [7, 11) is 1.78. The zero-order valence-corrected chi connectivity index (χ0v) is 11.8. The van der Waals surface area contributed by atoms with Crippen LogP contribution in [0.2, 0.25) is 0 Å². The van der Waals surface area contributed by atoms with Gasteiger partial charge >= 0.3 is 0 Å². The SMILES string of the molecule is CC/C(=C\C=C(/C)Cl)CC1CC(OC)CCO1. The van der Waals surface area contributed by atoms with Crippen LogP contribution in [0.3, 0.4) is 0 Å². The zero-order valence-electron chi connectivity index (χ0n) is 11.0. The normalized spacial score (nSPS) is 27.3. The Morgan fingerprint density at radius 3 is 2.82 bits per heavy atom. The lowest BCUT2D eigenvalue weighted by molar-refractivity contribution is -0.0576. The van der Waals surface area contributed by atoms with Crippen LogP contribution in [-0.4, -0.2) is 25.9 Å². The van der Waals surface area contributed by atoms with E-state index >= 15 is 0 Å². The second kappa shape index (κ2) is 7.91. The van der Waals surface area contributed by atoms with Crippen molar-refractivity contribution in [3.8, 4) is 0 Å². The second-order valence-electron chi connectivity index (χ2n) is 4.51. The maximum absolute atomic E-state index is 5.83. The van der Waals surface area contributed by atoms with Gasteiger partial charge in [-0.15, -0.1) is 0 Å². The van der Waals surface area contributed by atoms with Crippen molar-refractivity contribution in [2.24, 2.45) is 0 Å². The standard InChI is InChI=1S/C14H23ClO2/c1-4-12(6-5-11(2)15)9-14-10-13(16-3)7-8-17-14/h5-6,13-14H,4,7-10H2,1-3H3/b11-5+,12-6+. The largest absolute Gasteiger partial charge is 0.381 e. The van der Waals surface area contributed by atoms with Crippen LogP contribution in [0.15, 0.2) is 22.8 Å². The van der Waals surface area contributed by atoms with E-state index in [9.17, 15) is 0 Å². The quantitative estimate of drug-likeness (QED) is 0.693. The number of rotatable bonds is 5. The molecular formula is C14H23ClO2. The van der Waals surface area contributed by atoms with E-state index in [1.165, 1.54) is 5.57 Å². The molecule has 0 bridgehead atoms. The lowest BCUT2D eigenvalue weighted by Gasteiger charge is -2.29. The smallest absolute Gasteiger partial charge is 0.0637 e. The molecule has 98 valence electrons. The molecule has 1 saturated heterocycles. The fourth-order valence-corrected chi connectivity index (χ4v) is 2.12. The van der Waals surface area contributed by atoms with E-state index in [0.717, 1.165) is 37.3 Å². The Kier molecular flexibility index (Phi) is 6.86. The van der Waals surface area contributed by atoms with Gasteiger partial charge in [0.1, 0.15) is 0 Å². The van der Waals surface area contributed by atoms with Crippen molar-refractivity contribution >= 4 is 11.6 Å². The third kappa shape index (κ3) is 5.71. The summed E-state index contributed by atoms with van der Waals surface area (Å²) in [4.78, 5) is 0. The Labute approximate surface area is 110 Å². The van der Waals surface area contributed by atoms with E-state index in [1.807, 2.05) is 13.0 Å². The Hall–Kier alpha value is -0.310. The zero-order chi connectivity index (χ0) is 12.7. The molecule has 0 amide bonds. The maximum Gasteiger partial charge on any atom is 0.0637 e. The summed E-state index contributed by atoms with van der Waals surface area (Å²) in [5.41, 5.74) is 1.38. The molecule has 1 aliphatic heterocycles. The van der Waals surface area contributed by atoms with Gasteiger partial charge in [0.05, 0.1) is 12.2 Å². The molecule has 1 heterocycles. The van der Waals surface area contributed by atoms with Crippen molar-refractivity contribution in [2.75, 3.05) is 13.7 Å². The summed E-state index contributed by atoms with van der Waals surface area (Å²) in [6.07, 6.45) is 8.76. The van der Waals surface area contributed by atoms with Crippen molar-refractivity contribution in [3.63, 3.8) is 0 Å². The molecule has 2 nitrogen and oxygen atoms in total. The van der Waals surface area contributed by atoms with Gasteiger partial charge in [-0.25, -0.2) is 0 Å². The second-order valence-corrected chi connectivity index (χ2v) is 5.11. The molecule has 1 rings (SSSR count). The number of hydrogen-bond donors (Lipinski definition) is 0. The number of ether oxygens (including phenoxy) is 2. The molecule has 3 heteroatoms. The van der Waals surface area contributed by atoms with E-state index in [1.54, 1.807) is 7.11 Å². The molecule has 0 aromatic carbocycles. The fraction of sp³-hybridized carbons (Fsp3) is 0.714. The van der Waals surface area contributed by atoms with Crippen LogP contribution in [0.5, 0.6) is 0 Å². The minimum Gasteiger partial charge on any atom is -0.381 e. The molecule has 0 saturated carbocycles. The van der Waals surface area contributed by atoms with Gasteiger partial charge in [-0.1, -0.05) is 30.2 Å². The average Bonchev–Trinajstić information content (AvgIpc) is 2.34. The van der Waals surface area contributed by atoms with E-state index in [4.69, 9.17) is 21.1 Å². The number of allylic oxidation sites excluding steroid dienone is 3. The van der Waals surface area contributed by atoms with Gasteiger partial charge in [-0.2, -0.15) is 0 Å². The minimum atomic E-state index is 0.295. The van der Waals surface area contributed by atoms with Gasteiger partial charge in [0.25, 0.3) is 0 Å². The van der Waals surface area contributed by atoms with Gasteiger partial charge in [0.2, 0.25) is 0 Å². The molecule has 2 atom stereocenters. The molecule has 1 aliphatic rings. The van der Waals surface area contributed by atoms with Crippen LogP contribution in [0.4, 0.5) is 0 Å². The summed E-state index contributed by atoms with van der Waals surface area (Å²) < 4.78 is 11.2. The monoisotopic (exact) mass is 258 g/mol. The molecule has 0 radical (unpaired) electrons.